The van der Waals surface area contributed by atoms with Gasteiger partial charge in [-0.1, -0.05) is 36.7 Å². The van der Waals surface area contributed by atoms with Crippen LogP contribution >= 0.6 is 11.6 Å². The third-order valence-corrected chi connectivity index (χ3v) is 3.84. The molecule has 112 valence electrons. The van der Waals surface area contributed by atoms with Crippen molar-refractivity contribution in [2.45, 2.75) is 26.0 Å². The number of halogens is 2. The van der Waals surface area contributed by atoms with E-state index in [1.54, 1.807) is 12.1 Å². The van der Waals surface area contributed by atoms with E-state index in [2.05, 4.69) is 12.2 Å². The first-order chi connectivity index (χ1) is 10.2. The lowest BCUT2D eigenvalue weighted by molar-refractivity contribution is 0.300. The van der Waals surface area contributed by atoms with Gasteiger partial charge in [-0.3, -0.25) is 0 Å². The fraction of sp³-hybridized carbons (Fsp3) is 0.294. The van der Waals surface area contributed by atoms with Gasteiger partial charge in [0.15, 0.2) is 0 Å². The highest BCUT2D eigenvalue weighted by Crippen LogP contribution is 2.23. The number of hydrogen-bond acceptors (Lipinski definition) is 2. The van der Waals surface area contributed by atoms with E-state index in [0.717, 1.165) is 6.42 Å². The first-order valence-corrected chi connectivity index (χ1v) is 7.36. The van der Waals surface area contributed by atoms with Crippen LogP contribution in [0.5, 0.6) is 5.75 Å². The van der Waals surface area contributed by atoms with Crippen LogP contribution in [0.3, 0.4) is 0 Å². The summed E-state index contributed by atoms with van der Waals surface area (Å²) < 4.78 is 19.3. The first-order valence-electron chi connectivity index (χ1n) is 6.98. The second-order valence-corrected chi connectivity index (χ2v) is 5.21. The van der Waals surface area contributed by atoms with Crippen LogP contribution in [0.1, 0.15) is 30.5 Å². The normalized spacial score (nSPS) is 12.2. The molecule has 2 aromatic rings. The summed E-state index contributed by atoms with van der Waals surface area (Å²) in [6.45, 7) is 2.25. The molecule has 2 rings (SSSR count). The van der Waals surface area contributed by atoms with Gasteiger partial charge in [-0.2, -0.15) is 0 Å². The van der Waals surface area contributed by atoms with Crippen LogP contribution in [0.15, 0.2) is 42.5 Å². The summed E-state index contributed by atoms with van der Waals surface area (Å²) in [5.41, 5.74) is 1.58. The monoisotopic (exact) mass is 307 g/mol. The zero-order valence-corrected chi connectivity index (χ0v) is 13.0. The van der Waals surface area contributed by atoms with E-state index >= 15 is 0 Å². The lowest BCUT2D eigenvalue weighted by Crippen LogP contribution is -2.14. The molecular weight excluding hydrogens is 289 g/mol. The molecule has 0 bridgehead atoms. The fourth-order valence-electron chi connectivity index (χ4n) is 2.23. The summed E-state index contributed by atoms with van der Waals surface area (Å²) in [5.74, 6) is 0.351. The largest absolute Gasteiger partial charge is 0.489 e. The second-order valence-electron chi connectivity index (χ2n) is 4.81. The molecule has 0 heterocycles. The Kier molecular flexibility index (Phi) is 5.59. The van der Waals surface area contributed by atoms with Crippen molar-refractivity contribution in [2.24, 2.45) is 0 Å². The molecular formula is C17H19ClFNO. The SMILES string of the molecule is CCC(NC)c1ccc(OCc2c(F)cccc2Cl)cc1. The number of nitrogens with one attached hydrogen (secondary N) is 1. The predicted molar refractivity (Wildman–Crippen MR) is 84.3 cm³/mol. The summed E-state index contributed by atoms with van der Waals surface area (Å²) in [5, 5.41) is 3.63. The average molecular weight is 308 g/mol. The molecule has 0 spiro atoms. The van der Waals surface area contributed by atoms with Gasteiger partial charge < -0.3 is 10.1 Å². The molecule has 0 saturated carbocycles. The van der Waals surface area contributed by atoms with Gasteiger partial charge in [0, 0.05) is 11.6 Å². The van der Waals surface area contributed by atoms with Crippen molar-refractivity contribution in [3.8, 4) is 5.75 Å². The molecule has 0 fully saturated rings. The van der Waals surface area contributed by atoms with Gasteiger partial charge in [-0.05, 0) is 43.3 Å². The lowest BCUT2D eigenvalue weighted by Gasteiger charge is -2.15. The molecule has 0 aliphatic heterocycles. The van der Waals surface area contributed by atoms with E-state index in [4.69, 9.17) is 16.3 Å². The zero-order chi connectivity index (χ0) is 15.2. The molecule has 0 saturated heterocycles. The van der Waals surface area contributed by atoms with Crippen molar-refractivity contribution in [1.29, 1.82) is 0 Å². The molecule has 0 aromatic heterocycles. The van der Waals surface area contributed by atoms with E-state index < -0.39 is 0 Å². The molecule has 1 N–H and O–H groups in total. The third-order valence-electron chi connectivity index (χ3n) is 3.48. The van der Waals surface area contributed by atoms with Gasteiger partial charge in [-0.25, -0.2) is 4.39 Å². The van der Waals surface area contributed by atoms with Crippen LogP contribution in [-0.4, -0.2) is 7.05 Å². The maximum absolute atomic E-state index is 13.6. The summed E-state index contributed by atoms with van der Waals surface area (Å²) in [6.07, 6.45) is 1.02. The Bertz CT molecular complexity index is 562. The van der Waals surface area contributed by atoms with Gasteiger partial charge in [0.2, 0.25) is 0 Å². The molecule has 21 heavy (non-hydrogen) atoms. The minimum atomic E-state index is -0.347. The van der Waals surface area contributed by atoms with Crippen LogP contribution in [0.25, 0.3) is 0 Å². The highest BCUT2D eigenvalue weighted by atomic mass is 35.5. The number of ether oxygens (including phenoxy) is 1. The fourth-order valence-corrected chi connectivity index (χ4v) is 2.45. The molecule has 0 amide bonds. The molecule has 0 radical (unpaired) electrons. The van der Waals surface area contributed by atoms with Crippen molar-refractivity contribution >= 4 is 11.6 Å². The Morgan fingerprint density at radius 2 is 1.90 bits per heavy atom. The number of rotatable bonds is 6. The standard InChI is InChI=1S/C17H19ClFNO/c1-3-17(20-2)12-7-9-13(10-8-12)21-11-14-15(18)5-4-6-16(14)19/h4-10,17,20H,3,11H2,1-2H3. The molecule has 2 aromatic carbocycles. The highest BCUT2D eigenvalue weighted by Gasteiger charge is 2.09. The lowest BCUT2D eigenvalue weighted by atomic mass is 10.0. The Labute approximate surface area is 129 Å². The van der Waals surface area contributed by atoms with Crippen molar-refractivity contribution in [2.75, 3.05) is 7.05 Å². The number of hydrogen-bond donors (Lipinski definition) is 1. The first kappa shape index (κ1) is 15.8. The molecule has 0 aliphatic rings. The van der Waals surface area contributed by atoms with Gasteiger partial charge in [0.25, 0.3) is 0 Å². The number of benzene rings is 2. The molecule has 0 aliphatic carbocycles. The van der Waals surface area contributed by atoms with Crippen LogP contribution in [0, 0.1) is 5.82 Å². The summed E-state index contributed by atoms with van der Waals surface area (Å²) in [4.78, 5) is 0. The molecule has 2 nitrogen and oxygen atoms in total. The van der Waals surface area contributed by atoms with Gasteiger partial charge >= 0.3 is 0 Å². The van der Waals surface area contributed by atoms with Crippen LogP contribution in [-0.2, 0) is 6.61 Å². The average Bonchev–Trinajstić information content (AvgIpc) is 2.49. The van der Waals surface area contributed by atoms with Crippen molar-refractivity contribution in [1.82, 2.24) is 5.32 Å². The van der Waals surface area contributed by atoms with Crippen molar-refractivity contribution in [3.05, 3.63) is 64.4 Å². The maximum atomic E-state index is 13.6. The van der Waals surface area contributed by atoms with Gasteiger partial charge in [0.05, 0.1) is 5.02 Å². The minimum absolute atomic E-state index is 0.119. The van der Waals surface area contributed by atoms with E-state index in [-0.39, 0.29) is 12.4 Å². The topological polar surface area (TPSA) is 21.3 Å². The Hall–Kier alpha value is -1.58. The zero-order valence-electron chi connectivity index (χ0n) is 12.2. The Balaban J connectivity index is 2.04. The van der Waals surface area contributed by atoms with Crippen molar-refractivity contribution in [3.63, 3.8) is 0 Å². The van der Waals surface area contributed by atoms with Crippen LogP contribution < -0.4 is 10.1 Å². The Morgan fingerprint density at radius 1 is 1.19 bits per heavy atom. The Morgan fingerprint density at radius 3 is 2.48 bits per heavy atom. The van der Waals surface area contributed by atoms with E-state index in [1.165, 1.54) is 11.6 Å². The third kappa shape index (κ3) is 3.96. The second kappa shape index (κ2) is 7.43. The van der Waals surface area contributed by atoms with Crippen LogP contribution in [0.2, 0.25) is 5.02 Å². The minimum Gasteiger partial charge on any atom is -0.489 e. The summed E-state index contributed by atoms with van der Waals surface area (Å²) in [7, 11) is 1.94. The predicted octanol–water partition coefficient (Wildman–Crippen LogP) is 4.73. The molecule has 1 atom stereocenters. The molecule has 4 heteroatoms. The maximum Gasteiger partial charge on any atom is 0.131 e. The van der Waals surface area contributed by atoms with Crippen LogP contribution in [0.4, 0.5) is 4.39 Å². The smallest absolute Gasteiger partial charge is 0.131 e. The summed E-state index contributed by atoms with van der Waals surface area (Å²) >= 11 is 5.97. The highest BCUT2D eigenvalue weighted by molar-refractivity contribution is 6.31. The van der Waals surface area contributed by atoms with E-state index in [0.29, 0.717) is 22.4 Å². The van der Waals surface area contributed by atoms with Crippen molar-refractivity contribution < 1.29 is 9.13 Å². The van der Waals surface area contributed by atoms with E-state index in [1.807, 2.05) is 31.3 Å². The van der Waals surface area contributed by atoms with Gasteiger partial charge in [0.1, 0.15) is 18.2 Å². The molecule has 1 unspecified atom stereocenters. The summed E-state index contributed by atoms with van der Waals surface area (Å²) in [6, 6.07) is 12.8. The van der Waals surface area contributed by atoms with Gasteiger partial charge in [-0.15, -0.1) is 0 Å². The quantitative estimate of drug-likeness (QED) is 0.833. The van der Waals surface area contributed by atoms with E-state index in [9.17, 15) is 4.39 Å².